The van der Waals surface area contributed by atoms with Gasteiger partial charge in [0.1, 0.15) is 11.7 Å². The van der Waals surface area contributed by atoms with Gasteiger partial charge in [-0.15, -0.1) is 0 Å². The lowest BCUT2D eigenvalue weighted by molar-refractivity contribution is -0.119. The highest BCUT2D eigenvalue weighted by molar-refractivity contribution is 6.21. The van der Waals surface area contributed by atoms with Crippen molar-refractivity contribution in [3.8, 4) is 0 Å². The van der Waals surface area contributed by atoms with E-state index in [-0.39, 0.29) is 29.2 Å². The molecule has 1 N–H and O–H groups in total. The molecule has 4 rings (SSSR count). The van der Waals surface area contributed by atoms with Gasteiger partial charge in [0.15, 0.2) is 11.6 Å². The highest BCUT2D eigenvalue weighted by atomic mass is 19.1. The lowest BCUT2D eigenvalue weighted by atomic mass is 9.87. The molecular weight excluding hydrogens is 413 g/mol. The summed E-state index contributed by atoms with van der Waals surface area (Å²) in [5.41, 5.74) is 10.2. The summed E-state index contributed by atoms with van der Waals surface area (Å²) in [4.78, 5) is 42.8. The number of ketones is 2. The number of azide groups is 1. The molecule has 2 aliphatic rings. The minimum atomic E-state index is -0.772. The van der Waals surface area contributed by atoms with E-state index in [2.05, 4.69) is 20.2 Å². The van der Waals surface area contributed by atoms with Crippen LogP contribution < -0.4 is 5.32 Å². The number of likely N-dealkylation sites (tertiary alicyclic amines) is 1. The number of halogens is 1. The van der Waals surface area contributed by atoms with Crippen LogP contribution in [-0.2, 0) is 4.79 Å². The van der Waals surface area contributed by atoms with E-state index in [1.165, 1.54) is 30.3 Å². The Labute approximate surface area is 184 Å². The molecule has 1 amide bonds. The van der Waals surface area contributed by atoms with Crippen molar-refractivity contribution >= 4 is 28.8 Å². The van der Waals surface area contributed by atoms with Crippen molar-refractivity contribution in [2.45, 2.75) is 19.3 Å². The Bertz CT molecular complexity index is 1100. The first kappa shape index (κ1) is 21.7. The highest BCUT2D eigenvalue weighted by Crippen LogP contribution is 2.31. The summed E-state index contributed by atoms with van der Waals surface area (Å²) >= 11 is 0. The van der Waals surface area contributed by atoms with Crippen LogP contribution in [0.2, 0.25) is 0 Å². The zero-order valence-electron chi connectivity index (χ0n) is 17.3. The van der Waals surface area contributed by atoms with Gasteiger partial charge in [-0.05, 0) is 80.8 Å². The van der Waals surface area contributed by atoms with Gasteiger partial charge >= 0.3 is 0 Å². The predicted octanol–water partition coefficient (Wildman–Crippen LogP) is 4.50. The number of fused-ring (bicyclic) bond motifs is 1. The lowest BCUT2D eigenvalue weighted by Crippen LogP contribution is -2.41. The molecule has 0 radical (unpaired) electrons. The average Bonchev–Trinajstić information content (AvgIpc) is 2.79. The summed E-state index contributed by atoms with van der Waals surface area (Å²) in [5, 5.41) is 6.23. The van der Waals surface area contributed by atoms with Crippen molar-refractivity contribution in [2.24, 2.45) is 17.0 Å². The number of nitrogens with zero attached hydrogens (tertiary/aromatic N) is 4. The molecule has 2 heterocycles. The average molecular weight is 435 g/mol. The van der Waals surface area contributed by atoms with E-state index < -0.39 is 5.92 Å². The second-order valence-electron chi connectivity index (χ2n) is 8.10. The van der Waals surface area contributed by atoms with Crippen LogP contribution in [0, 0.1) is 17.7 Å². The number of anilines is 1. The molecule has 0 spiro atoms. The van der Waals surface area contributed by atoms with Crippen LogP contribution in [0.4, 0.5) is 15.8 Å². The van der Waals surface area contributed by atoms with Crippen LogP contribution in [0.25, 0.3) is 10.4 Å². The zero-order valence-corrected chi connectivity index (χ0v) is 17.3. The number of carbonyl (C=O) groups is 3. The number of benzene rings is 2. The lowest BCUT2D eigenvalue weighted by Gasteiger charge is -2.32. The van der Waals surface area contributed by atoms with Crippen molar-refractivity contribution in [1.29, 1.82) is 0 Å². The SMILES string of the molecule is [N-]=[N+]=Nc1ccc2c(c1)NC(=O)C(CCN1CCC(C(=O)c3ccc(F)cc3)CC1)C2=O. The van der Waals surface area contributed by atoms with Gasteiger partial charge in [0, 0.05) is 27.6 Å². The number of nitrogens with one attached hydrogen (secondary N) is 1. The number of hydrogen-bond donors (Lipinski definition) is 1. The molecule has 9 heteroatoms. The first-order valence-electron chi connectivity index (χ1n) is 10.5. The number of amides is 1. The van der Waals surface area contributed by atoms with Crippen molar-refractivity contribution in [1.82, 2.24) is 4.90 Å². The molecule has 2 aromatic rings. The van der Waals surface area contributed by atoms with Crippen molar-refractivity contribution in [3.63, 3.8) is 0 Å². The quantitative estimate of drug-likeness (QED) is 0.236. The van der Waals surface area contributed by atoms with Crippen LogP contribution in [0.15, 0.2) is 47.6 Å². The van der Waals surface area contributed by atoms with Crippen molar-refractivity contribution in [2.75, 3.05) is 25.0 Å². The molecule has 8 nitrogen and oxygen atoms in total. The second kappa shape index (κ2) is 9.30. The summed E-state index contributed by atoms with van der Waals surface area (Å²) in [6, 6.07) is 10.2. The molecule has 1 unspecified atom stereocenters. The first-order valence-corrected chi connectivity index (χ1v) is 10.5. The van der Waals surface area contributed by atoms with Crippen LogP contribution in [0.3, 0.4) is 0 Å². The summed E-state index contributed by atoms with van der Waals surface area (Å²) in [5.74, 6) is -1.81. The zero-order chi connectivity index (χ0) is 22.7. The number of hydrogen-bond acceptors (Lipinski definition) is 5. The van der Waals surface area contributed by atoms with Gasteiger partial charge in [-0.25, -0.2) is 4.39 Å². The Morgan fingerprint density at radius 3 is 2.56 bits per heavy atom. The first-order chi connectivity index (χ1) is 15.5. The monoisotopic (exact) mass is 435 g/mol. The molecular formula is C23H22FN5O3. The molecule has 2 aliphatic heterocycles. The van der Waals surface area contributed by atoms with Crippen molar-refractivity contribution in [3.05, 3.63) is 69.9 Å². The smallest absolute Gasteiger partial charge is 0.235 e. The van der Waals surface area contributed by atoms with E-state index in [4.69, 9.17) is 5.53 Å². The maximum atomic E-state index is 13.1. The van der Waals surface area contributed by atoms with E-state index in [1.807, 2.05) is 0 Å². The minimum absolute atomic E-state index is 0.0307. The Kier molecular flexibility index (Phi) is 6.30. The van der Waals surface area contributed by atoms with Gasteiger partial charge in [-0.2, -0.15) is 0 Å². The fraction of sp³-hybridized carbons (Fsp3) is 0.348. The minimum Gasteiger partial charge on any atom is -0.325 e. The molecule has 0 bridgehead atoms. The molecule has 32 heavy (non-hydrogen) atoms. The largest absolute Gasteiger partial charge is 0.325 e. The summed E-state index contributed by atoms with van der Waals surface area (Å²) in [6.07, 6.45) is 1.76. The summed E-state index contributed by atoms with van der Waals surface area (Å²) < 4.78 is 13.1. The molecule has 1 saturated heterocycles. The van der Waals surface area contributed by atoms with Gasteiger partial charge in [0.05, 0.1) is 5.69 Å². The third-order valence-corrected chi connectivity index (χ3v) is 6.14. The topological polar surface area (TPSA) is 115 Å². The number of rotatable bonds is 6. The molecule has 1 fully saturated rings. The highest BCUT2D eigenvalue weighted by Gasteiger charge is 2.35. The third-order valence-electron chi connectivity index (χ3n) is 6.14. The van der Waals surface area contributed by atoms with Crippen LogP contribution in [0.5, 0.6) is 0 Å². The Morgan fingerprint density at radius 2 is 1.88 bits per heavy atom. The normalized spacial score (nSPS) is 19.1. The number of piperidine rings is 1. The maximum Gasteiger partial charge on any atom is 0.235 e. The molecule has 164 valence electrons. The molecule has 2 aromatic carbocycles. The third kappa shape index (κ3) is 4.54. The molecule has 0 aliphatic carbocycles. The van der Waals surface area contributed by atoms with E-state index >= 15 is 0 Å². The van der Waals surface area contributed by atoms with Crippen LogP contribution >= 0.6 is 0 Å². The molecule has 0 aromatic heterocycles. The summed E-state index contributed by atoms with van der Waals surface area (Å²) in [6.45, 7) is 1.98. The van der Waals surface area contributed by atoms with Gasteiger partial charge in [0.2, 0.25) is 5.91 Å². The Hall–Kier alpha value is -3.55. The van der Waals surface area contributed by atoms with E-state index in [9.17, 15) is 18.8 Å². The van der Waals surface area contributed by atoms with E-state index in [0.29, 0.717) is 61.4 Å². The fourth-order valence-corrected chi connectivity index (χ4v) is 4.33. The number of carbonyl (C=O) groups excluding carboxylic acids is 3. The Balaban J connectivity index is 1.32. The standard InChI is InChI=1S/C23H22FN5O3/c24-16-3-1-14(2-4-16)21(30)15-7-10-29(11-8-15)12-9-19-22(31)18-6-5-17(27-28-25)13-20(18)26-23(19)32/h1-6,13,15,19H,7-12H2,(H,26,32). The van der Waals surface area contributed by atoms with E-state index in [0.717, 1.165) is 0 Å². The molecule has 1 atom stereocenters. The second-order valence-corrected chi connectivity index (χ2v) is 8.10. The number of Topliss-reactive ketones (excluding diaryl/α,β-unsaturated/α-hetero) is 2. The van der Waals surface area contributed by atoms with Gasteiger partial charge < -0.3 is 10.2 Å². The maximum absolute atomic E-state index is 13.1. The van der Waals surface area contributed by atoms with E-state index in [1.54, 1.807) is 12.1 Å². The van der Waals surface area contributed by atoms with Crippen molar-refractivity contribution < 1.29 is 18.8 Å². The summed E-state index contributed by atoms with van der Waals surface area (Å²) in [7, 11) is 0. The Morgan fingerprint density at radius 1 is 1.16 bits per heavy atom. The van der Waals surface area contributed by atoms with Gasteiger partial charge in [-0.1, -0.05) is 11.2 Å². The van der Waals surface area contributed by atoms with Gasteiger partial charge in [-0.3, -0.25) is 14.4 Å². The van der Waals surface area contributed by atoms with Crippen LogP contribution in [-0.4, -0.2) is 42.0 Å². The van der Waals surface area contributed by atoms with Gasteiger partial charge in [0.25, 0.3) is 0 Å². The molecule has 0 saturated carbocycles. The predicted molar refractivity (Wildman–Crippen MR) is 116 cm³/mol. The van der Waals surface area contributed by atoms with Crippen LogP contribution in [0.1, 0.15) is 40.0 Å². The fourth-order valence-electron chi connectivity index (χ4n) is 4.33.